The van der Waals surface area contributed by atoms with Crippen LogP contribution in [0.25, 0.3) is 0 Å². The maximum Gasteiger partial charge on any atom is 0.215 e. The average Bonchev–Trinajstić information content (AvgIpc) is 2.12. The van der Waals surface area contributed by atoms with Crippen LogP contribution in [-0.4, -0.2) is 38.3 Å². The lowest BCUT2D eigenvalue weighted by Crippen LogP contribution is -2.41. The molecular formula is C8H20N2O2S2. The fraction of sp³-hybridized carbons (Fsp3) is 1.00. The molecule has 0 aliphatic carbocycles. The molecule has 0 fully saturated rings. The number of rotatable bonds is 7. The maximum atomic E-state index is 11.5. The summed E-state index contributed by atoms with van der Waals surface area (Å²) in [5.41, 5.74) is 5.31. The van der Waals surface area contributed by atoms with E-state index in [2.05, 4.69) is 4.72 Å². The van der Waals surface area contributed by atoms with E-state index in [1.54, 1.807) is 18.7 Å². The molecule has 0 amide bonds. The summed E-state index contributed by atoms with van der Waals surface area (Å²) in [7, 11) is -3.22. The second kappa shape index (κ2) is 6.66. The molecule has 0 heterocycles. The Labute approximate surface area is 91.1 Å². The van der Waals surface area contributed by atoms with Crippen LogP contribution in [0, 0.1) is 0 Å². The maximum absolute atomic E-state index is 11.5. The van der Waals surface area contributed by atoms with E-state index in [1.807, 2.05) is 13.2 Å². The Morgan fingerprint density at radius 2 is 2.00 bits per heavy atom. The topological polar surface area (TPSA) is 72.2 Å². The van der Waals surface area contributed by atoms with Crippen LogP contribution in [0.2, 0.25) is 0 Å². The van der Waals surface area contributed by atoms with E-state index in [4.69, 9.17) is 5.73 Å². The summed E-state index contributed by atoms with van der Waals surface area (Å²) in [6.45, 7) is 3.64. The number of sulfonamides is 1. The number of thioether (sulfide) groups is 1. The van der Waals surface area contributed by atoms with Crippen molar-refractivity contribution in [3.05, 3.63) is 0 Å². The second-order valence-corrected chi connectivity index (χ2v) is 6.51. The van der Waals surface area contributed by atoms with Crippen molar-refractivity contribution in [1.29, 1.82) is 0 Å². The van der Waals surface area contributed by atoms with Gasteiger partial charge in [-0.3, -0.25) is 0 Å². The molecular weight excluding hydrogens is 220 g/mol. The first-order chi connectivity index (χ1) is 6.44. The van der Waals surface area contributed by atoms with E-state index < -0.39 is 15.3 Å². The molecule has 2 unspecified atom stereocenters. The van der Waals surface area contributed by atoms with Gasteiger partial charge in [-0.15, -0.1) is 0 Å². The van der Waals surface area contributed by atoms with Crippen molar-refractivity contribution in [2.45, 2.75) is 31.6 Å². The minimum Gasteiger partial charge on any atom is -0.329 e. The zero-order chi connectivity index (χ0) is 11.2. The molecule has 2 atom stereocenters. The van der Waals surface area contributed by atoms with Gasteiger partial charge in [-0.25, -0.2) is 13.1 Å². The van der Waals surface area contributed by atoms with E-state index in [9.17, 15) is 8.42 Å². The standard InChI is InChI=1S/C8H20N2O2S2/c1-7(4-5-13-3)10-14(11,12)8(2)6-9/h7-8,10H,4-6,9H2,1-3H3. The molecule has 0 rings (SSSR count). The lowest BCUT2D eigenvalue weighted by molar-refractivity contribution is 0.546. The summed E-state index contributed by atoms with van der Waals surface area (Å²) in [5.74, 6) is 0.959. The minimum atomic E-state index is -3.22. The zero-order valence-electron chi connectivity index (χ0n) is 8.99. The van der Waals surface area contributed by atoms with Crippen molar-refractivity contribution in [2.75, 3.05) is 18.6 Å². The van der Waals surface area contributed by atoms with Gasteiger partial charge in [-0.2, -0.15) is 11.8 Å². The van der Waals surface area contributed by atoms with Crippen molar-refractivity contribution in [3.63, 3.8) is 0 Å². The Kier molecular flexibility index (Phi) is 6.76. The average molecular weight is 240 g/mol. The van der Waals surface area contributed by atoms with Crippen LogP contribution in [0.3, 0.4) is 0 Å². The lowest BCUT2D eigenvalue weighted by Gasteiger charge is -2.16. The fourth-order valence-electron chi connectivity index (χ4n) is 0.877. The van der Waals surface area contributed by atoms with Crippen molar-refractivity contribution in [3.8, 4) is 0 Å². The van der Waals surface area contributed by atoms with Crippen molar-refractivity contribution in [1.82, 2.24) is 4.72 Å². The molecule has 0 bridgehead atoms. The first kappa shape index (κ1) is 14.2. The Morgan fingerprint density at radius 1 is 1.43 bits per heavy atom. The number of hydrogen-bond donors (Lipinski definition) is 2. The second-order valence-electron chi connectivity index (χ2n) is 3.39. The molecule has 0 aliphatic heterocycles. The third kappa shape index (κ3) is 5.19. The van der Waals surface area contributed by atoms with Crippen molar-refractivity contribution in [2.24, 2.45) is 5.73 Å². The fourth-order valence-corrected chi connectivity index (χ4v) is 2.63. The van der Waals surface area contributed by atoms with Crippen LogP contribution in [0.1, 0.15) is 20.3 Å². The van der Waals surface area contributed by atoms with Crippen LogP contribution in [-0.2, 0) is 10.0 Å². The van der Waals surface area contributed by atoms with Crippen LogP contribution >= 0.6 is 11.8 Å². The number of nitrogens with one attached hydrogen (secondary N) is 1. The molecule has 0 saturated carbocycles. The first-order valence-electron chi connectivity index (χ1n) is 4.64. The molecule has 0 aromatic rings. The van der Waals surface area contributed by atoms with Gasteiger partial charge in [0.05, 0.1) is 5.25 Å². The molecule has 3 N–H and O–H groups in total. The third-order valence-electron chi connectivity index (χ3n) is 1.98. The highest BCUT2D eigenvalue weighted by Gasteiger charge is 2.20. The van der Waals surface area contributed by atoms with Gasteiger partial charge in [0.2, 0.25) is 10.0 Å². The van der Waals surface area contributed by atoms with Gasteiger partial charge in [-0.05, 0) is 32.3 Å². The molecule has 86 valence electrons. The molecule has 14 heavy (non-hydrogen) atoms. The molecule has 0 aliphatic rings. The summed E-state index contributed by atoms with van der Waals surface area (Å²) in [5, 5.41) is -0.515. The van der Waals surface area contributed by atoms with E-state index >= 15 is 0 Å². The molecule has 0 spiro atoms. The van der Waals surface area contributed by atoms with Crippen molar-refractivity contribution >= 4 is 21.8 Å². The van der Waals surface area contributed by atoms with Gasteiger partial charge in [0.15, 0.2) is 0 Å². The first-order valence-corrected chi connectivity index (χ1v) is 7.58. The van der Waals surface area contributed by atoms with Crippen LogP contribution in [0.4, 0.5) is 0 Å². The molecule has 0 aromatic heterocycles. The highest BCUT2D eigenvalue weighted by molar-refractivity contribution is 7.98. The summed E-state index contributed by atoms with van der Waals surface area (Å²) in [4.78, 5) is 0. The highest BCUT2D eigenvalue weighted by Crippen LogP contribution is 2.03. The van der Waals surface area contributed by atoms with Crippen LogP contribution < -0.4 is 10.5 Å². The van der Waals surface area contributed by atoms with E-state index in [1.165, 1.54) is 0 Å². The predicted molar refractivity (Wildman–Crippen MR) is 63.0 cm³/mol. The Bertz CT molecular complexity index is 242. The quantitative estimate of drug-likeness (QED) is 0.675. The van der Waals surface area contributed by atoms with E-state index in [0.717, 1.165) is 12.2 Å². The number of nitrogens with two attached hydrogens (primary N) is 1. The van der Waals surface area contributed by atoms with Gasteiger partial charge in [-0.1, -0.05) is 0 Å². The molecule has 6 heteroatoms. The highest BCUT2D eigenvalue weighted by atomic mass is 32.2. The van der Waals surface area contributed by atoms with Gasteiger partial charge >= 0.3 is 0 Å². The molecule has 4 nitrogen and oxygen atoms in total. The number of hydrogen-bond acceptors (Lipinski definition) is 4. The Balaban J connectivity index is 4.09. The monoisotopic (exact) mass is 240 g/mol. The van der Waals surface area contributed by atoms with Crippen LogP contribution in [0.5, 0.6) is 0 Å². The Hall–Kier alpha value is 0.220. The predicted octanol–water partition coefficient (Wildman–Crippen LogP) is 0.395. The summed E-state index contributed by atoms with van der Waals surface area (Å²) in [6, 6.07) is -0.0125. The van der Waals surface area contributed by atoms with Crippen molar-refractivity contribution < 1.29 is 8.42 Å². The largest absolute Gasteiger partial charge is 0.329 e. The van der Waals surface area contributed by atoms with Crippen LogP contribution in [0.15, 0.2) is 0 Å². The van der Waals surface area contributed by atoms with Gasteiger partial charge in [0.1, 0.15) is 0 Å². The van der Waals surface area contributed by atoms with E-state index in [0.29, 0.717) is 0 Å². The summed E-state index contributed by atoms with van der Waals surface area (Å²) >= 11 is 1.71. The zero-order valence-corrected chi connectivity index (χ0v) is 10.6. The lowest BCUT2D eigenvalue weighted by atomic mass is 10.3. The smallest absolute Gasteiger partial charge is 0.215 e. The minimum absolute atomic E-state index is 0.0125. The SMILES string of the molecule is CSCCC(C)NS(=O)(=O)C(C)CN. The van der Waals surface area contributed by atoms with E-state index in [-0.39, 0.29) is 12.6 Å². The normalized spacial score (nSPS) is 16.6. The summed E-state index contributed by atoms with van der Waals surface area (Å²) in [6.07, 6.45) is 2.85. The molecule has 0 aromatic carbocycles. The molecule has 0 radical (unpaired) electrons. The Morgan fingerprint density at radius 3 is 2.43 bits per heavy atom. The van der Waals surface area contributed by atoms with Gasteiger partial charge in [0.25, 0.3) is 0 Å². The summed E-state index contributed by atoms with van der Waals surface area (Å²) < 4.78 is 25.7. The van der Waals surface area contributed by atoms with Gasteiger partial charge < -0.3 is 5.73 Å². The van der Waals surface area contributed by atoms with Gasteiger partial charge in [0, 0.05) is 12.6 Å². The third-order valence-corrected chi connectivity index (χ3v) is 4.61. The molecule has 0 saturated heterocycles.